The van der Waals surface area contributed by atoms with E-state index in [2.05, 4.69) is 9.47 Å². The van der Waals surface area contributed by atoms with Crippen molar-refractivity contribution in [2.75, 3.05) is 7.11 Å². The third kappa shape index (κ3) is 4.80. The molecular formula is C23H15F4NO8. The van der Waals surface area contributed by atoms with Gasteiger partial charge < -0.3 is 23.7 Å². The van der Waals surface area contributed by atoms with E-state index in [1.54, 1.807) is 30.3 Å². The second kappa shape index (κ2) is 9.24. The molecular weight excluding hydrogens is 494 g/mol. The number of alkyl halides is 4. The van der Waals surface area contributed by atoms with Gasteiger partial charge in [-0.05, 0) is 17.7 Å². The van der Waals surface area contributed by atoms with Crippen molar-refractivity contribution in [1.82, 2.24) is 0 Å². The van der Waals surface area contributed by atoms with E-state index in [1.165, 1.54) is 7.11 Å². The van der Waals surface area contributed by atoms with Gasteiger partial charge in [-0.15, -0.1) is 0 Å². The molecule has 0 N–H and O–H groups in total. The minimum atomic E-state index is -4.95. The molecule has 0 atom stereocenters. The second-order valence-corrected chi connectivity index (χ2v) is 7.29. The van der Waals surface area contributed by atoms with E-state index in [-0.39, 0.29) is 23.9 Å². The maximum Gasteiger partial charge on any atom is 0.507 e. The first kappa shape index (κ1) is 24.6. The third-order valence-corrected chi connectivity index (χ3v) is 4.87. The van der Waals surface area contributed by atoms with Gasteiger partial charge in [-0.25, -0.2) is 4.79 Å². The summed E-state index contributed by atoms with van der Waals surface area (Å²) in [7, 11) is 1.17. The van der Waals surface area contributed by atoms with E-state index in [0.29, 0.717) is 5.56 Å². The molecule has 0 unspecified atom stereocenters. The van der Waals surface area contributed by atoms with Gasteiger partial charge >= 0.3 is 18.2 Å². The molecule has 0 saturated carbocycles. The minimum absolute atomic E-state index is 0.167. The number of esters is 1. The molecule has 0 amide bonds. The van der Waals surface area contributed by atoms with E-state index in [4.69, 9.17) is 14.2 Å². The number of nitro groups is 1. The number of nitrogens with zero attached hydrogens (tertiary/aromatic N) is 1. The summed E-state index contributed by atoms with van der Waals surface area (Å²) in [5.74, 6) is -3.08. The fourth-order valence-corrected chi connectivity index (χ4v) is 3.14. The summed E-state index contributed by atoms with van der Waals surface area (Å²) in [5, 5.41) is 11.6. The van der Waals surface area contributed by atoms with Crippen LogP contribution in [0.3, 0.4) is 0 Å². The van der Waals surface area contributed by atoms with Crippen LogP contribution in [0.2, 0.25) is 0 Å². The number of ether oxygens (including phenoxy) is 5. The van der Waals surface area contributed by atoms with Gasteiger partial charge in [0, 0.05) is 12.1 Å². The number of hydrogen-bond acceptors (Lipinski definition) is 8. The van der Waals surface area contributed by atoms with Crippen molar-refractivity contribution >= 4 is 11.7 Å². The van der Waals surface area contributed by atoms with E-state index in [9.17, 15) is 32.5 Å². The Labute approximate surface area is 199 Å². The Kier molecular flexibility index (Phi) is 6.31. The second-order valence-electron chi connectivity index (χ2n) is 7.29. The zero-order valence-corrected chi connectivity index (χ0v) is 18.2. The number of hydrogen-bond donors (Lipinski definition) is 0. The van der Waals surface area contributed by atoms with Gasteiger partial charge in [0.25, 0.3) is 5.69 Å². The smallest absolute Gasteiger partial charge is 0.493 e. The zero-order valence-electron chi connectivity index (χ0n) is 18.2. The lowest BCUT2D eigenvalue weighted by Gasteiger charge is -2.31. The van der Waals surface area contributed by atoms with Gasteiger partial charge in [0.2, 0.25) is 0 Å². The average Bonchev–Trinajstić information content (AvgIpc) is 2.83. The molecule has 3 aromatic carbocycles. The largest absolute Gasteiger partial charge is 0.507 e. The van der Waals surface area contributed by atoms with Crippen molar-refractivity contribution < 1.29 is 51.0 Å². The van der Waals surface area contributed by atoms with Crippen molar-refractivity contribution in [1.29, 1.82) is 0 Å². The Morgan fingerprint density at radius 3 is 2.25 bits per heavy atom. The van der Waals surface area contributed by atoms with E-state index in [0.717, 1.165) is 30.3 Å². The number of nitro benzene ring substituents is 1. The van der Waals surface area contributed by atoms with E-state index < -0.39 is 45.9 Å². The summed E-state index contributed by atoms with van der Waals surface area (Å²) < 4.78 is 77.7. The lowest BCUT2D eigenvalue weighted by molar-refractivity contribution is -0.391. The maximum absolute atomic E-state index is 13.5. The van der Waals surface area contributed by atoms with Crippen LogP contribution in [0, 0.1) is 10.1 Å². The van der Waals surface area contributed by atoms with Crippen molar-refractivity contribution in [3.63, 3.8) is 0 Å². The molecule has 4 rings (SSSR count). The molecule has 1 aliphatic heterocycles. The number of benzene rings is 3. The predicted octanol–water partition coefficient (Wildman–Crippen LogP) is 5.71. The number of carbonyl (C=O) groups is 1. The minimum Gasteiger partial charge on any atom is -0.493 e. The predicted molar refractivity (Wildman–Crippen MR) is 113 cm³/mol. The van der Waals surface area contributed by atoms with Crippen LogP contribution in [0.5, 0.6) is 28.7 Å². The van der Waals surface area contributed by atoms with Crippen molar-refractivity contribution in [3.8, 4) is 28.7 Å². The highest BCUT2D eigenvalue weighted by Crippen LogP contribution is 2.48. The molecule has 9 nitrogen and oxygen atoms in total. The van der Waals surface area contributed by atoms with Gasteiger partial charge in [-0.3, -0.25) is 10.1 Å². The molecule has 0 aromatic heterocycles. The van der Waals surface area contributed by atoms with Crippen LogP contribution in [0.1, 0.15) is 15.9 Å². The normalized spacial score (nSPS) is 15.0. The lowest BCUT2D eigenvalue weighted by Crippen LogP contribution is -2.52. The van der Waals surface area contributed by atoms with Gasteiger partial charge in [-0.1, -0.05) is 30.3 Å². The summed E-state index contributed by atoms with van der Waals surface area (Å²) in [5.41, 5.74) is -0.478. The maximum atomic E-state index is 13.5. The van der Waals surface area contributed by atoms with Crippen molar-refractivity contribution in [2.24, 2.45) is 0 Å². The molecule has 188 valence electrons. The van der Waals surface area contributed by atoms with Crippen LogP contribution in [-0.4, -0.2) is 30.2 Å². The molecule has 0 fully saturated rings. The SMILES string of the molecule is COc1cc([N+](=O)[O-])c(C(=O)OCc2ccccc2)cc1Oc1ccc2c(c1)OC(F)(F)C(F)(F)O2. The van der Waals surface area contributed by atoms with Crippen LogP contribution in [-0.2, 0) is 11.3 Å². The molecule has 0 spiro atoms. The summed E-state index contributed by atoms with van der Waals surface area (Å²) in [6.07, 6.45) is -9.83. The summed E-state index contributed by atoms with van der Waals surface area (Å²) in [4.78, 5) is 23.4. The average molecular weight is 509 g/mol. The lowest BCUT2D eigenvalue weighted by atomic mass is 10.1. The quantitative estimate of drug-likeness (QED) is 0.173. The highest BCUT2D eigenvalue weighted by Gasteiger charge is 2.66. The molecule has 0 aliphatic carbocycles. The first-order chi connectivity index (χ1) is 17.0. The zero-order chi connectivity index (χ0) is 26.1. The molecule has 3 aromatic rings. The Bertz CT molecular complexity index is 1320. The van der Waals surface area contributed by atoms with E-state index >= 15 is 0 Å². The first-order valence-corrected chi connectivity index (χ1v) is 10.0. The van der Waals surface area contributed by atoms with Gasteiger partial charge in [0.1, 0.15) is 17.9 Å². The first-order valence-electron chi connectivity index (χ1n) is 10.0. The Hall–Kier alpha value is -4.55. The molecule has 1 aliphatic rings. The Morgan fingerprint density at radius 2 is 1.61 bits per heavy atom. The van der Waals surface area contributed by atoms with Crippen LogP contribution >= 0.6 is 0 Å². The number of carbonyl (C=O) groups excluding carboxylic acids is 1. The van der Waals surface area contributed by atoms with Crippen LogP contribution in [0.4, 0.5) is 23.2 Å². The topological polar surface area (TPSA) is 106 Å². The van der Waals surface area contributed by atoms with E-state index in [1.807, 2.05) is 0 Å². The molecule has 13 heteroatoms. The number of methoxy groups -OCH3 is 1. The van der Waals surface area contributed by atoms with Crippen molar-refractivity contribution in [3.05, 3.63) is 81.9 Å². The van der Waals surface area contributed by atoms with Gasteiger partial charge in [-0.2, -0.15) is 17.6 Å². The molecule has 1 heterocycles. The third-order valence-electron chi connectivity index (χ3n) is 4.87. The molecule has 0 radical (unpaired) electrons. The van der Waals surface area contributed by atoms with Gasteiger partial charge in [0.15, 0.2) is 23.0 Å². The molecule has 36 heavy (non-hydrogen) atoms. The Morgan fingerprint density at radius 1 is 0.944 bits per heavy atom. The fourth-order valence-electron chi connectivity index (χ4n) is 3.14. The number of rotatable bonds is 7. The van der Waals surface area contributed by atoms with Crippen LogP contribution in [0.25, 0.3) is 0 Å². The monoisotopic (exact) mass is 509 g/mol. The summed E-state index contributed by atoms with van der Waals surface area (Å²) in [6, 6.07) is 13.3. The molecule has 0 bridgehead atoms. The summed E-state index contributed by atoms with van der Waals surface area (Å²) >= 11 is 0. The van der Waals surface area contributed by atoms with Gasteiger partial charge in [0.05, 0.1) is 18.1 Å². The van der Waals surface area contributed by atoms with Crippen molar-refractivity contribution in [2.45, 2.75) is 18.8 Å². The highest BCUT2D eigenvalue weighted by atomic mass is 19.3. The number of halogens is 4. The van der Waals surface area contributed by atoms with Crippen LogP contribution in [0.15, 0.2) is 60.7 Å². The Balaban J connectivity index is 1.64. The standard InChI is InChI=1S/C23H15F4NO8/c1-32-18-11-16(28(30)31)15(21(29)33-12-13-5-3-2-4-6-13)10-19(18)34-14-7-8-17-20(9-14)36-23(26,27)22(24,25)35-17/h2-11H,12H2,1H3. The highest BCUT2D eigenvalue weighted by molar-refractivity contribution is 5.95. The molecule has 0 saturated heterocycles. The van der Waals surface area contributed by atoms with Crippen LogP contribution < -0.4 is 18.9 Å². The number of fused-ring (bicyclic) bond motifs is 1. The fraction of sp³-hybridized carbons (Fsp3) is 0.174. The summed E-state index contributed by atoms with van der Waals surface area (Å²) in [6.45, 7) is -0.167.